The summed E-state index contributed by atoms with van der Waals surface area (Å²) >= 11 is 1.38. The quantitative estimate of drug-likeness (QED) is 0.389. The molecule has 9 heteroatoms. The molecule has 0 saturated heterocycles. The maximum absolute atomic E-state index is 12.4. The number of anilines is 2. The number of ether oxygens (including phenoxy) is 1. The van der Waals surface area contributed by atoms with Gasteiger partial charge in [-0.05, 0) is 36.6 Å². The molecule has 2 aromatic carbocycles. The minimum Gasteiger partial charge on any atom is -0.410 e. The van der Waals surface area contributed by atoms with E-state index in [1.165, 1.54) is 11.3 Å². The molecule has 1 heterocycles. The molecule has 3 rings (SSSR count). The highest BCUT2D eigenvalue weighted by atomic mass is 32.1. The number of rotatable bonds is 9. The van der Waals surface area contributed by atoms with Gasteiger partial charge in [0, 0.05) is 16.6 Å². The Bertz CT molecular complexity index is 1120. The first-order valence-corrected chi connectivity index (χ1v) is 11.3. The number of hydrogen-bond donors (Lipinski definition) is 3. The highest BCUT2D eigenvalue weighted by Gasteiger charge is 2.21. The molecule has 170 valence electrons. The van der Waals surface area contributed by atoms with Crippen molar-refractivity contribution in [3.8, 4) is 23.1 Å². The van der Waals surface area contributed by atoms with E-state index in [1.807, 2.05) is 43.5 Å². The first-order chi connectivity index (χ1) is 15.9. The van der Waals surface area contributed by atoms with Gasteiger partial charge < -0.3 is 15.4 Å². The highest BCUT2D eigenvalue weighted by Crippen LogP contribution is 2.28. The van der Waals surface area contributed by atoms with E-state index in [0.717, 1.165) is 5.56 Å². The number of nitrogens with zero attached hydrogens (tertiary/aromatic N) is 2. The maximum Gasteiger partial charge on any atom is 0.417 e. The summed E-state index contributed by atoms with van der Waals surface area (Å²) in [6.45, 7) is 4.02. The Kier molecular flexibility index (Phi) is 8.38. The van der Waals surface area contributed by atoms with Crippen molar-refractivity contribution < 1.29 is 14.3 Å². The Labute approximate surface area is 196 Å². The molecule has 2 amide bonds. The molecule has 1 atom stereocenters. The smallest absolute Gasteiger partial charge is 0.410 e. The van der Waals surface area contributed by atoms with E-state index in [-0.39, 0.29) is 18.4 Å². The minimum absolute atomic E-state index is 0.0370. The normalized spacial score (nSPS) is 11.3. The number of hydrogen-bond acceptors (Lipinski definition) is 7. The summed E-state index contributed by atoms with van der Waals surface area (Å²) in [4.78, 5) is 29.2. The van der Waals surface area contributed by atoms with Gasteiger partial charge in [0.2, 0.25) is 5.91 Å². The summed E-state index contributed by atoms with van der Waals surface area (Å²) in [5.41, 5.74) is 2.10. The van der Waals surface area contributed by atoms with Gasteiger partial charge in [-0.2, -0.15) is 5.26 Å². The van der Waals surface area contributed by atoms with E-state index in [0.29, 0.717) is 28.7 Å². The third kappa shape index (κ3) is 7.33. The van der Waals surface area contributed by atoms with Crippen molar-refractivity contribution in [3.05, 3.63) is 60.0 Å². The van der Waals surface area contributed by atoms with Gasteiger partial charge in [0.05, 0.1) is 11.8 Å². The molecule has 1 aromatic heterocycles. The molecule has 0 aliphatic rings. The van der Waals surface area contributed by atoms with Crippen LogP contribution < -0.4 is 20.7 Å². The molecule has 33 heavy (non-hydrogen) atoms. The van der Waals surface area contributed by atoms with Gasteiger partial charge in [-0.15, -0.1) is 11.3 Å². The van der Waals surface area contributed by atoms with Crippen LogP contribution >= 0.6 is 11.3 Å². The standard InChI is InChI=1S/C24H25N5O3S/c1-16(2)13-20(22(30)26-12-11-25)28-23-29-21(15-33-23)17-7-6-8-18(14-17)27-24(31)32-19-9-4-3-5-10-19/h3-10,14-16,20H,12-13H2,1-2H3,(H,26,30)(H,27,31)(H,28,29)/t20-/m0/s1. The van der Waals surface area contributed by atoms with Crippen LogP contribution in [0.25, 0.3) is 11.3 Å². The van der Waals surface area contributed by atoms with Crippen LogP contribution in [0.4, 0.5) is 15.6 Å². The van der Waals surface area contributed by atoms with Crippen LogP contribution in [0, 0.1) is 17.2 Å². The summed E-state index contributed by atoms with van der Waals surface area (Å²) in [7, 11) is 0. The Hall–Kier alpha value is -3.90. The molecule has 0 bridgehead atoms. The Morgan fingerprint density at radius 3 is 2.67 bits per heavy atom. The van der Waals surface area contributed by atoms with E-state index in [2.05, 4.69) is 20.9 Å². The Morgan fingerprint density at radius 1 is 1.15 bits per heavy atom. The van der Waals surface area contributed by atoms with E-state index >= 15 is 0 Å². The Balaban J connectivity index is 1.67. The molecule has 0 aliphatic heterocycles. The third-order valence-electron chi connectivity index (χ3n) is 4.53. The van der Waals surface area contributed by atoms with Gasteiger partial charge in [-0.25, -0.2) is 9.78 Å². The first kappa shape index (κ1) is 23.8. The van der Waals surface area contributed by atoms with Crippen LogP contribution in [0.5, 0.6) is 5.75 Å². The zero-order valence-corrected chi connectivity index (χ0v) is 19.2. The monoisotopic (exact) mass is 463 g/mol. The lowest BCUT2D eigenvalue weighted by Gasteiger charge is -2.18. The summed E-state index contributed by atoms with van der Waals surface area (Å²) in [6.07, 6.45) is 0.0219. The zero-order chi connectivity index (χ0) is 23.6. The molecular weight excluding hydrogens is 438 g/mol. The highest BCUT2D eigenvalue weighted by molar-refractivity contribution is 7.14. The summed E-state index contributed by atoms with van der Waals surface area (Å²) < 4.78 is 5.26. The van der Waals surface area contributed by atoms with Crippen LogP contribution in [0.15, 0.2) is 60.0 Å². The first-order valence-electron chi connectivity index (χ1n) is 10.5. The number of thiazole rings is 1. The fourth-order valence-corrected chi connectivity index (χ4v) is 3.84. The number of nitrogens with one attached hydrogen (secondary N) is 3. The fraction of sp³-hybridized carbons (Fsp3) is 0.250. The van der Waals surface area contributed by atoms with Crippen molar-refractivity contribution in [1.82, 2.24) is 10.3 Å². The van der Waals surface area contributed by atoms with E-state index in [9.17, 15) is 9.59 Å². The molecule has 0 saturated carbocycles. The van der Waals surface area contributed by atoms with Crippen molar-refractivity contribution in [1.29, 1.82) is 5.26 Å². The second-order valence-electron chi connectivity index (χ2n) is 7.65. The number of carbonyl (C=O) groups excluding carboxylic acids is 2. The maximum atomic E-state index is 12.4. The number of nitriles is 1. The number of benzene rings is 2. The van der Waals surface area contributed by atoms with Crippen molar-refractivity contribution in [2.75, 3.05) is 17.2 Å². The van der Waals surface area contributed by atoms with E-state index < -0.39 is 12.1 Å². The molecule has 3 aromatic rings. The number of aromatic nitrogens is 1. The predicted molar refractivity (Wildman–Crippen MR) is 129 cm³/mol. The molecule has 0 unspecified atom stereocenters. The molecule has 3 N–H and O–H groups in total. The van der Waals surface area contributed by atoms with Crippen LogP contribution in [-0.4, -0.2) is 29.6 Å². The van der Waals surface area contributed by atoms with E-state index in [1.54, 1.807) is 36.4 Å². The Morgan fingerprint density at radius 2 is 1.94 bits per heavy atom. The fourth-order valence-electron chi connectivity index (χ4n) is 3.07. The number of carbonyl (C=O) groups is 2. The average Bonchev–Trinajstić information content (AvgIpc) is 3.26. The van der Waals surface area contributed by atoms with Gasteiger partial charge in [0.15, 0.2) is 5.13 Å². The summed E-state index contributed by atoms with van der Waals surface area (Å²) in [6, 6.07) is 17.5. The van der Waals surface area contributed by atoms with Gasteiger partial charge >= 0.3 is 6.09 Å². The van der Waals surface area contributed by atoms with Crippen molar-refractivity contribution >= 4 is 34.2 Å². The second-order valence-corrected chi connectivity index (χ2v) is 8.51. The molecule has 0 fully saturated rings. The lowest BCUT2D eigenvalue weighted by Crippen LogP contribution is -2.40. The number of amides is 2. The largest absolute Gasteiger partial charge is 0.417 e. The zero-order valence-electron chi connectivity index (χ0n) is 18.4. The lowest BCUT2D eigenvalue weighted by molar-refractivity contribution is -0.121. The SMILES string of the molecule is CC(C)C[C@H](Nc1nc(-c2cccc(NC(=O)Oc3ccccc3)c2)cs1)C(=O)NCC#N. The minimum atomic E-state index is -0.584. The average molecular weight is 464 g/mol. The van der Waals surface area contributed by atoms with Crippen LogP contribution in [0.3, 0.4) is 0 Å². The van der Waals surface area contributed by atoms with Gasteiger partial charge in [0.1, 0.15) is 18.3 Å². The van der Waals surface area contributed by atoms with Crippen LogP contribution in [0.2, 0.25) is 0 Å². The van der Waals surface area contributed by atoms with E-state index in [4.69, 9.17) is 10.00 Å². The van der Waals surface area contributed by atoms with Crippen molar-refractivity contribution in [2.24, 2.45) is 5.92 Å². The van der Waals surface area contributed by atoms with Crippen molar-refractivity contribution in [3.63, 3.8) is 0 Å². The van der Waals surface area contributed by atoms with Gasteiger partial charge in [0.25, 0.3) is 0 Å². The second kappa shape index (κ2) is 11.6. The van der Waals surface area contributed by atoms with Crippen molar-refractivity contribution in [2.45, 2.75) is 26.3 Å². The molecule has 8 nitrogen and oxygen atoms in total. The summed E-state index contributed by atoms with van der Waals surface area (Å²) in [5, 5.41) is 19.7. The topological polar surface area (TPSA) is 116 Å². The van der Waals surface area contributed by atoms with Crippen LogP contribution in [-0.2, 0) is 4.79 Å². The molecular formula is C24H25N5O3S. The van der Waals surface area contributed by atoms with Crippen LogP contribution in [0.1, 0.15) is 20.3 Å². The molecule has 0 radical (unpaired) electrons. The van der Waals surface area contributed by atoms with Gasteiger partial charge in [-0.3, -0.25) is 10.1 Å². The molecule has 0 aliphatic carbocycles. The predicted octanol–water partition coefficient (Wildman–Crippen LogP) is 4.89. The lowest BCUT2D eigenvalue weighted by atomic mass is 10.0. The van der Waals surface area contributed by atoms with Gasteiger partial charge in [-0.1, -0.05) is 44.2 Å². The number of para-hydroxylation sites is 1. The summed E-state index contributed by atoms with van der Waals surface area (Å²) in [5.74, 6) is 0.509. The molecule has 0 spiro atoms. The third-order valence-corrected chi connectivity index (χ3v) is 5.30.